The lowest BCUT2D eigenvalue weighted by atomic mass is 9.73. The summed E-state index contributed by atoms with van der Waals surface area (Å²) in [6.07, 6.45) is 3.57. The molecule has 1 saturated heterocycles. The minimum absolute atomic E-state index is 0.0437. The molecule has 31 heavy (non-hydrogen) atoms. The molecule has 2 aliphatic heterocycles. The van der Waals surface area contributed by atoms with Gasteiger partial charge in [-0.2, -0.15) is 0 Å². The summed E-state index contributed by atoms with van der Waals surface area (Å²) >= 11 is 0. The lowest BCUT2D eigenvalue weighted by molar-refractivity contribution is -0.134. The van der Waals surface area contributed by atoms with Crippen molar-refractivity contribution in [1.82, 2.24) is 14.8 Å². The van der Waals surface area contributed by atoms with E-state index >= 15 is 0 Å². The van der Waals surface area contributed by atoms with Crippen LogP contribution in [0.1, 0.15) is 24.1 Å². The number of piperidine rings is 1. The highest BCUT2D eigenvalue weighted by Crippen LogP contribution is 2.47. The summed E-state index contributed by atoms with van der Waals surface area (Å²) in [5.74, 6) is -0.390. The van der Waals surface area contributed by atoms with Crippen molar-refractivity contribution < 1.29 is 14.0 Å². The average molecular weight is 425 g/mol. The molecule has 0 N–H and O–H groups in total. The van der Waals surface area contributed by atoms with Crippen molar-refractivity contribution in [3.63, 3.8) is 0 Å². The lowest BCUT2D eigenvalue weighted by Gasteiger charge is -2.39. The second kappa shape index (κ2) is 8.38. The van der Waals surface area contributed by atoms with Crippen LogP contribution in [0.3, 0.4) is 0 Å². The normalized spacial score (nSPS) is 18.8. The third-order valence-corrected chi connectivity index (χ3v) is 6.71. The van der Waals surface area contributed by atoms with Gasteiger partial charge in [0.2, 0.25) is 11.8 Å². The molecule has 0 saturated carbocycles. The number of likely N-dealkylation sites (N-methyl/N-ethyl adjacent to an activating group) is 1. The summed E-state index contributed by atoms with van der Waals surface area (Å²) < 4.78 is 14.0. The number of likely N-dealkylation sites (tertiary alicyclic amines) is 1. The summed E-state index contributed by atoms with van der Waals surface area (Å²) in [5.41, 5.74) is 1.84. The van der Waals surface area contributed by atoms with Gasteiger partial charge < -0.3 is 14.7 Å². The van der Waals surface area contributed by atoms with Gasteiger partial charge in [0.05, 0.1) is 11.3 Å². The maximum atomic E-state index is 14.0. The zero-order chi connectivity index (χ0) is 22.2. The van der Waals surface area contributed by atoms with E-state index in [1.54, 1.807) is 43.2 Å². The Morgan fingerprint density at radius 2 is 1.97 bits per heavy atom. The number of rotatable bonds is 5. The summed E-state index contributed by atoms with van der Waals surface area (Å²) in [6, 6.07) is 10.4. The molecule has 1 unspecified atom stereocenters. The van der Waals surface area contributed by atoms with Crippen LogP contribution in [0.25, 0.3) is 0 Å². The number of hydrogen-bond acceptors (Lipinski definition) is 4. The topological polar surface area (TPSA) is 56.8 Å². The smallest absolute Gasteiger partial charge is 0.237 e. The number of halogens is 1. The maximum Gasteiger partial charge on any atom is 0.237 e. The SMILES string of the molecule is CN(C)C(=O)C(Cc1ccccn1)CN1CCC2(CC1)C(=O)N(C)c1ccc(F)cc12. The molecule has 1 atom stereocenters. The fourth-order valence-corrected chi connectivity index (χ4v) is 5.01. The van der Waals surface area contributed by atoms with Gasteiger partial charge in [0.1, 0.15) is 5.82 Å². The summed E-state index contributed by atoms with van der Waals surface area (Å²) in [5, 5.41) is 0. The van der Waals surface area contributed by atoms with Gasteiger partial charge in [-0.15, -0.1) is 0 Å². The number of amides is 2. The summed E-state index contributed by atoms with van der Waals surface area (Å²) in [7, 11) is 5.31. The van der Waals surface area contributed by atoms with Crippen LogP contribution in [0.15, 0.2) is 42.6 Å². The standard InChI is InChI=1S/C24H29FN4O2/c1-27(2)22(30)17(14-19-6-4-5-11-26-19)16-29-12-9-24(10-13-29)20-15-18(25)7-8-21(20)28(3)23(24)31/h4-8,11,15,17H,9-10,12-14,16H2,1-3H3. The fraction of sp³-hybridized carbons (Fsp3) is 0.458. The molecule has 1 aromatic heterocycles. The van der Waals surface area contributed by atoms with Crippen LogP contribution in [0.4, 0.5) is 10.1 Å². The van der Waals surface area contributed by atoms with E-state index in [0.29, 0.717) is 38.9 Å². The Kier molecular flexibility index (Phi) is 5.79. The quantitative estimate of drug-likeness (QED) is 0.740. The number of hydrogen-bond donors (Lipinski definition) is 0. The van der Waals surface area contributed by atoms with Gasteiger partial charge in [-0.3, -0.25) is 14.6 Å². The second-order valence-electron chi connectivity index (χ2n) is 8.86. The number of benzene rings is 1. The van der Waals surface area contributed by atoms with E-state index in [-0.39, 0.29) is 23.5 Å². The molecule has 6 nitrogen and oxygen atoms in total. The van der Waals surface area contributed by atoms with E-state index in [2.05, 4.69) is 9.88 Å². The summed E-state index contributed by atoms with van der Waals surface area (Å²) in [6.45, 7) is 1.99. The number of aromatic nitrogens is 1. The van der Waals surface area contributed by atoms with Gasteiger partial charge in [-0.25, -0.2) is 4.39 Å². The molecular weight excluding hydrogens is 395 g/mol. The van der Waals surface area contributed by atoms with Gasteiger partial charge in [0.25, 0.3) is 0 Å². The van der Waals surface area contributed by atoms with Crippen LogP contribution < -0.4 is 4.90 Å². The molecule has 1 aromatic carbocycles. The van der Waals surface area contributed by atoms with Crippen molar-refractivity contribution in [3.8, 4) is 0 Å². The molecule has 3 heterocycles. The highest BCUT2D eigenvalue weighted by atomic mass is 19.1. The minimum Gasteiger partial charge on any atom is -0.349 e. The molecule has 1 fully saturated rings. The molecule has 2 amide bonds. The lowest BCUT2D eigenvalue weighted by Crippen LogP contribution is -2.50. The first kappa shape index (κ1) is 21.4. The first-order valence-electron chi connectivity index (χ1n) is 10.7. The van der Waals surface area contributed by atoms with E-state index < -0.39 is 5.41 Å². The Morgan fingerprint density at radius 1 is 1.23 bits per heavy atom. The third-order valence-electron chi connectivity index (χ3n) is 6.71. The highest BCUT2D eigenvalue weighted by Gasteiger charge is 2.51. The van der Waals surface area contributed by atoms with E-state index in [9.17, 15) is 14.0 Å². The fourth-order valence-electron chi connectivity index (χ4n) is 5.01. The molecule has 0 aliphatic carbocycles. The molecule has 2 aliphatic rings. The van der Waals surface area contributed by atoms with Crippen LogP contribution in [0.2, 0.25) is 0 Å². The monoisotopic (exact) mass is 424 g/mol. The Labute approximate surface area is 182 Å². The van der Waals surface area contributed by atoms with E-state index in [1.165, 1.54) is 12.1 Å². The number of nitrogens with zero attached hydrogens (tertiary/aromatic N) is 4. The zero-order valence-corrected chi connectivity index (χ0v) is 18.3. The number of fused-ring (bicyclic) bond motifs is 2. The highest BCUT2D eigenvalue weighted by molar-refractivity contribution is 6.07. The van der Waals surface area contributed by atoms with Crippen LogP contribution in [-0.2, 0) is 21.4 Å². The van der Waals surface area contributed by atoms with Gasteiger partial charge >= 0.3 is 0 Å². The molecule has 0 radical (unpaired) electrons. The molecule has 7 heteroatoms. The van der Waals surface area contributed by atoms with Crippen molar-refractivity contribution in [1.29, 1.82) is 0 Å². The predicted molar refractivity (Wildman–Crippen MR) is 117 cm³/mol. The van der Waals surface area contributed by atoms with Crippen LogP contribution in [-0.4, -0.2) is 67.4 Å². The van der Waals surface area contributed by atoms with Crippen LogP contribution in [0.5, 0.6) is 0 Å². The predicted octanol–water partition coefficient (Wildman–Crippen LogP) is 2.48. The van der Waals surface area contributed by atoms with Gasteiger partial charge in [-0.05, 0) is 61.8 Å². The zero-order valence-electron chi connectivity index (χ0n) is 18.3. The van der Waals surface area contributed by atoms with Crippen molar-refractivity contribution in [2.75, 3.05) is 45.7 Å². The van der Waals surface area contributed by atoms with Gasteiger partial charge in [0.15, 0.2) is 0 Å². The largest absolute Gasteiger partial charge is 0.349 e. The number of carbonyl (C=O) groups is 2. The number of pyridine rings is 1. The Hall–Kier alpha value is -2.80. The van der Waals surface area contributed by atoms with Gasteiger partial charge in [-0.1, -0.05) is 6.07 Å². The van der Waals surface area contributed by atoms with Crippen LogP contribution in [0, 0.1) is 11.7 Å². The van der Waals surface area contributed by atoms with Crippen molar-refractivity contribution in [2.24, 2.45) is 5.92 Å². The first-order valence-corrected chi connectivity index (χ1v) is 10.7. The third kappa shape index (κ3) is 3.94. The molecule has 2 aromatic rings. The van der Waals surface area contributed by atoms with Crippen molar-refractivity contribution >= 4 is 17.5 Å². The first-order chi connectivity index (χ1) is 14.8. The van der Waals surface area contributed by atoms with Gasteiger partial charge in [0, 0.05) is 51.7 Å². The maximum absolute atomic E-state index is 14.0. The molecule has 4 rings (SSSR count). The molecule has 164 valence electrons. The summed E-state index contributed by atoms with van der Waals surface area (Å²) in [4.78, 5) is 35.9. The number of anilines is 1. The van der Waals surface area contributed by atoms with E-state index in [0.717, 1.165) is 16.9 Å². The Morgan fingerprint density at radius 3 is 2.61 bits per heavy atom. The van der Waals surface area contributed by atoms with Crippen molar-refractivity contribution in [3.05, 3.63) is 59.7 Å². The molecule has 0 bridgehead atoms. The minimum atomic E-state index is -0.662. The Bertz CT molecular complexity index is 971. The average Bonchev–Trinajstić information content (AvgIpc) is 2.96. The Balaban J connectivity index is 1.49. The molecular formula is C24H29FN4O2. The van der Waals surface area contributed by atoms with E-state index in [4.69, 9.17) is 0 Å². The number of carbonyl (C=O) groups excluding carboxylic acids is 2. The molecule has 1 spiro atoms. The van der Waals surface area contributed by atoms with Crippen molar-refractivity contribution in [2.45, 2.75) is 24.7 Å². The van der Waals surface area contributed by atoms with E-state index in [1.807, 2.05) is 18.2 Å². The van der Waals surface area contributed by atoms with Crippen LogP contribution >= 0.6 is 0 Å². The second-order valence-corrected chi connectivity index (χ2v) is 8.86.